The lowest BCUT2D eigenvalue weighted by Gasteiger charge is -2.15. The Balaban J connectivity index is 2.34. The largest absolute Gasteiger partial charge is 0.493 e. The molecule has 0 N–H and O–H groups in total. The van der Waals surface area contributed by atoms with Crippen LogP contribution in [0.5, 0.6) is 11.5 Å². The average Bonchev–Trinajstić information content (AvgIpc) is 2.55. The summed E-state index contributed by atoms with van der Waals surface area (Å²) in [5.41, 5.74) is 1.68. The van der Waals surface area contributed by atoms with Gasteiger partial charge in [0.1, 0.15) is 0 Å². The van der Waals surface area contributed by atoms with Crippen molar-refractivity contribution in [1.82, 2.24) is 0 Å². The molecule has 2 aromatic rings. The van der Waals surface area contributed by atoms with Crippen molar-refractivity contribution < 1.29 is 14.3 Å². The lowest BCUT2D eigenvalue weighted by Crippen LogP contribution is -2.12. The highest BCUT2D eigenvalue weighted by atomic mass is 16.5. The number of benzene rings is 2. The maximum atomic E-state index is 12.7. The second kappa shape index (κ2) is 6.93. The molecule has 0 aromatic heterocycles. The van der Waals surface area contributed by atoms with Crippen molar-refractivity contribution in [3.05, 3.63) is 59.7 Å². The zero-order chi connectivity index (χ0) is 15.2. The highest BCUT2D eigenvalue weighted by molar-refractivity contribution is 6.01. The molecule has 0 amide bonds. The molecule has 0 fully saturated rings. The summed E-state index contributed by atoms with van der Waals surface area (Å²) < 4.78 is 10.5. The van der Waals surface area contributed by atoms with Crippen molar-refractivity contribution in [3.63, 3.8) is 0 Å². The highest BCUT2D eigenvalue weighted by Crippen LogP contribution is 2.31. The number of ether oxygens (including phenoxy) is 2. The van der Waals surface area contributed by atoms with E-state index in [1.165, 1.54) is 0 Å². The second-order valence-corrected chi connectivity index (χ2v) is 4.81. The number of ketones is 1. The minimum absolute atomic E-state index is 0.102. The van der Waals surface area contributed by atoms with Gasteiger partial charge in [-0.2, -0.15) is 0 Å². The maximum absolute atomic E-state index is 12.7. The number of carbonyl (C=O) groups excluding carboxylic acids is 1. The average molecular weight is 284 g/mol. The standard InChI is InChI=1S/C18H20O3/c1-4-15(13-8-6-5-7-9-13)18(19)14-10-11-16(20-2)17(12-14)21-3/h5-12,15H,4H2,1-3H3/t15-/m1/s1. The molecular formula is C18H20O3. The summed E-state index contributed by atoms with van der Waals surface area (Å²) in [4.78, 5) is 12.7. The van der Waals surface area contributed by atoms with E-state index < -0.39 is 0 Å². The molecule has 2 rings (SSSR count). The van der Waals surface area contributed by atoms with Gasteiger partial charge in [-0.25, -0.2) is 0 Å². The van der Waals surface area contributed by atoms with Crippen LogP contribution in [0, 0.1) is 0 Å². The highest BCUT2D eigenvalue weighted by Gasteiger charge is 2.21. The van der Waals surface area contributed by atoms with E-state index >= 15 is 0 Å². The first-order valence-electron chi connectivity index (χ1n) is 7.02. The first-order valence-corrected chi connectivity index (χ1v) is 7.02. The molecule has 0 unspecified atom stereocenters. The molecule has 3 nitrogen and oxygen atoms in total. The summed E-state index contributed by atoms with van der Waals surface area (Å²) in [6, 6.07) is 15.2. The molecule has 2 aromatic carbocycles. The van der Waals surface area contributed by atoms with Crippen LogP contribution in [-0.4, -0.2) is 20.0 Å². The van der Waals surface area contributed by atoms with Gasteiger partial charge in [-0.3, -0.25) is 4.79 Å². The van der Waals surface area contributed by atoms with Crippen molar-refractivity contribution in [2.75, 3.05) is 14.2 Å². The monoisotopic (exact) mass is 284 g/mol. The van der Waals surface area contributed by atoms with Gasteiger partial charge in [-0.05, 0) is 30.2 Å². The van der Waals surface area contributed by atoms with Crippen LogP contribution >= 0.6 is 0 Å². The number of hydrogen-bond acceptors (Lipinski definition) is 3. The Hall–Kier alpha value is -2.29. The van der Waals surface area contributed by atoms with Gasteiger partial charge in [0.25, 0.3) is 0 Å². The Morgan fingerprint density at radius 3 is 2.24 bits per heavy atom. The maximum Gasteiger partial charge on any atom is 0.170 e. The third-order valence-corrected chi connectivity index (χ3v) is 3.59. The Kier molecular flexibility index (Phi) is 4.99. The SMILES string of the molecule is CC[C@@H](C(=O)c1ccc(OC)c(OC)c1)c1ccccc1. The molecule has 0 radical (unpaired) electrons. The minimum Gasteiger partial charge on any atom is -0.493 e. The molecule has 0 aliphatic carbocycles. The molecule has 21 heavy (non-hydrogen) atoms. The van der Waals surface area contributed by atoms with Gasteiger partial charge < -0.3 is 9.47 Å². The van der Waals surface area contributed by atoms with Crippen molar-refractivity contribution in [1.29, 1.82) is 0 Å². The smallest absolute Gasteiger partial charge is 0.170 e. The van der Waals surface area contributed by atoms with Gasteiger partial charge in [-0.1, -0.05) is 37.3 Å². The third kappa shape index (κ3) is 3.24. The van der Waals surface area contributed by atoms with E-state index in [1.807, 2.05) is 37.3 Å². The predicted octanol–water partition coefficient (Wildman–Crippen LogP) is 4.08. The van der Waals surface area contributed by atoms with Gasteiger partial charge in [0.15, 0.2) is 17.3 Å². The molecule has 0 saturated carbocycles. The van der Waals surface area contributed by atoms with Gasteiger partial charge in [-0.15, -0.1) is 0 Å². The van der Waals surface area contributed by atoms with Crippen LogP contribution in [0.1, 0.15) is 35.2 Å². The summed E-state index contributed by atoms with van der Waals surface area (Å²) in [5.74, 6) is 1.17. The fraction of sp³-hybridized carbons (Fsp3) is 0.278. The van der Waals surface area contributed by atoms with Crippen molar-refractivity contribution in [2.24, 2.45) is 0 Å². The van der Waals surface area contributed by atoms with Crippen molar-refractivity contribution >= 4 is 5.78 Å². The predicted molar refractivity (Wildman–Crippen MR) is 83.4 cm³/mol. The van der Waals surface area contributed by atoms with Crippen LogP contribution in [0.4, 0.5) is 0 Å². The molecule has 0 saturated heterocycles. The van der Waals surface area contributed by atoms with E-state index in [0.717, 1.165) is 12.0 Å². The molecule has 1 atom stereocenters. The molecular weight excluding hydrogens is 264 g/mol. The summed E-state index contributed by atoms with van der Waals surface area (Å²) in [6.45, 7) is 2.02. The molecule has 3 heteroatoms. The zero-order valence-electron chi connectivity index (χ0n) is 12.6. The first kappa shape index (κ1) is 15.1. The van der Waals surface area contributed by atoms with E-state index in [9.17, 15) is 4.79 Å². The number of carbonyl (C=O) groups is 1. The van der Waals surface area contributed by atoms with Gasteiger partial charge in [0.05, 0.1) is 14.2 Å². The summed E-state index contributed by atoms with van der Waals surface area (Å²) in [5, 5.41) is 0. The fourth-order valence-corrected chi connectivity index (χ4v) is 2.45. The van der Waals surface area contributed by atoms with E-state index in [1.54, 1.807) is 32.4 Å². The Labute approximate surface area is 125 Å². The molecule has 0 bridgehead atoms. The van der Waals surface area contributed by atoms with Crippen molar-refractivity contribution in [3.8, 4) is 11.5 Å². The number of rotatable bonds is 6. The number of hydrogen-bond donors (Lipinski definition) is 0. The molecule has 110 valence electrons. The van der Waals surface area contributed by atoms with E-state index in [2.05, 4.69) is 0 Å². The van der Waals surface area contributed by atoms with Crippen LogP contribution < -0.4 is 9.47 Å². The second-order valence-electron chi connectivity index (χ2n) is 4.81. The van der Waals surface area contributed by atoms with Gasteiger partial charge in [0.2, 0.25) is 0 Å². The van der Waals surface area contributed by atoms with Crippen LogP contribution in [0.25, 0.3) is 0 Å². The van der Waals surface area contributed by atoms with Crippen LogP contribution in [0.15, 0.2) is 48.5 Å². The first-order chi connectivity index (χ1) is 10.2. The summed E-state index contributed by atoms with van der Waals surface area (Å²) in [6.07, 6.45) is 0.761. The Morgan fingerprint density at radius 1 is 1.00 bits per heavy atom. The Bertz CT molecular complexity index is 605. The quantitative estimate of drug-likeness (QED) is 0.750. The van der Waals surface area contributed by atoms with E-state index in [-0.39, 0.29) is 11.7 Å². The van der Waals surface area contributed by atoms with Crippen molar-refractivity contribution in [2.45, 2.75) is 19.3 Å². The number of Topliss-reactive ketones (excluding diaryl/α,β-unsaturated/α-hetero) is 1. The summed E-state index contributed by atoms with van der Waals surface area (Å²) in [7, 11) is 3.15. The molecule has 0 heterocycles. The Morgan fingerprint density at radius 2 is 1.67 bits per heavy atom. The van der Waals surface area contributed by atoms with Crippen LogP contribution in [0.2, 0.25) is 0 Å². The van der Waals surface area contributed by atoms with E-state index in [4.69, 9.17) is 9.47 Å². The molecule has 0 aliphatic rings. The van der Waals surface area contributed by atoms with Crippen LogP contribution in [0.3, 0.4) is 0 Å². The fourth-order valence-electron chi connectivity index (χ4n) is 2.45. The third-order valence-electron chi connectivity index (χ3n) is 3.59. The molecule has 0 spiro atoms. The minimum atomic E-state index is -0.135. The van der Waals surface area contributed by atoms with Gasteiger partial charge in [0, 0.05) is 11.5 Å². The lowest BCUT2D eigenvalue weighted by atomic mass is 9.88. The molecule has 0 aliphatic heterocycles. The van der Waals surface area contributed by atoms with Crippen LogP contribution in [-0.2, 0) is 0 Å². The number of methoxy groups -OCH3 is 2. The zero-order valence-corrected chi connectivity index (χ0v) is 12.6. The lowest BCUT2D eigenvalue weighted by molar-refractivity contribution is 0.0957. The normalized spacial score (nSPS) is 11.8. The summed E-state index contributed by atoms with van der Waals surface area (Å²) >= 11 is 0. The van der Waals surface area contributed by atoms with Gasteiger partial charge >= 0.3 is 0 Å². The van der Waals surface area contributed by atoms with E-state index in [0.29, 0.717) is 17.1 Å². The topological polar surface area (TPSA) is 35.5 Å².